The molecule has 0 spiro atoms. The quantitative estimate of drug-likeness (QED) is 0.697. The molecule has 3 aromatic rings. The smallest absolute Gasteiger partial charge is 0.180 e. The van der Waals surface area contributed by atoms with Crippen molar-refractivity contribution in [2.75, 3.05) is 5.32 Å². The molecule has 3 heterocycles. The Labute approximate surface area is 148 Å². The summed E-state index contributed by atoms with van der Waals surface area (Å²) in [6, 6.07) is 4.24. The largest absolute Gasteiger partial charge is 0.360 e. The van der Waals surface area contributed by atoms with E-state index >= 15 is 0 Å². The molecule has 0 aliphatic heterocycles. The van der Waals surface area contributed by atoms with Crippen LogP contribution in [0.5, 0.6) is 0 Å². The van der Waals surface area contributed by atoms with Gasteiger partial charge in [0.2, 0.25) is 0 Å². The van der Waals surface area contributed by atoms with Crippen LogP contribution in [0.3, 0.4) is 0 Å². The predicted octanol–water partition coefficient (Wildman–Crippen LogP) is 3.38. The lowest BCUT2D eigenvalue weighted by Crippen LogP contribution is -2.36. The number of thiazole rings is 1. The van der Waals surface area contributed by atoms with Crippen LogP contribution in [0.4, 0.5) is 5.82 Å². The van der Waals surface area contributed by atoms with E-state index in [1.54, 1.807) is 17.9 Å². The van der Waals surface area contributed by atoms with Crippen molar-refractivity contribution < 1.29 is 0 Å². The van der Waals surface area contributed by atoms with E-state index in [9.17, 15) is 0 Å². The van der Waals surface area contributed by atoms with Gasteiger partial charge in [0.05, 0.1) is 16.6 Å². The van der Waals surface area contributed by atoms with Gasteiger partial charge in [-0.25, -0.2) is 9.97 Å². The van der Waals surface area contributed by atoms with Crippen molar-refractivity contribution in [1.82, 2.24) is 25.3 Å². The maximum absolute atomic E-state index is 5.38. The minimum Gasteiger partial charge on any atom is -0.360 e. The van der Waals surface area contributed by atoms with E-state index in [1.807, 2.05) is 12.1 Å². The number of nitrogens with zero attached hydrogens (tertiary/aromatic N) is 4. The second-order valence-corrected chi connectivity index (χ2v) is 7.03. The number of fused-ring (bicyclic) bond motifs is 1. The number of hydrogen-bond donors (Lipinski definition) is 2. The summed E-state index contributed by atoms with van der Waals surface area (Å²) in [5.41, 5.74) is 3.90. The lowest BCUT2D eigenvalue weighted by atomic mass is 10.3. The Morgan fingerprint density at radius 3 is 2.83 bits per heavy atom. The fraction of sp³-hybridized carbons (Fsp3) is 0.312. The van der Waals surface area contributed by atoms with Gasteiger partial charge in [0.25, 0.3) is 0 Å². The molecule has 8 heteroatoms. The van der Waals surface area contributed by atoms with E-state index in [2.05, 4.69) is 30.6 Å². The van der Waals surface area contributed by atoms with Gasteiger partial charge in [-0.3, -0.25) is 9.97 Å². The van der Waals surface area contributed by atoms with Crippen LogP contribution in [0.25, 0.3) is 21.7 Å². The Morgan fingerprint density at radius 2 is 2.04 bits per heavy atom. The summed E-state index contributed by atoms with van der Waals surface area (Å²) < 4.78 is 0. The number of hydrogen-bond acceptors (Lipinski definition) is 6. The van der Waals surface area contributed by atoms with Crippen molar-refractivity contribution in [1.29, 1.82) is 0 Å². The van der Waals surface area contributed by atoms with Gasteiger partial charge in [0.15, 0.2) is 10.8 Å². The van der Waals surface area contributed by atoms with Crippen molar-refractivity contribution in [2.24, 2.45) is 0 Å². The molecule has 3 aromatic heterocycles. The lowest BCUT2D eigenvalue weighted by molar-refractivity contribution is 0.634. The fourth-order valence-electron chi connectivity index (χ4n) is 2.84. The van der Waals surface area contributed by atoms with E-state index < -0.39 is 0 Å². The first kappa shape index (κ1) is 15.3. The predicted molar refractivity (Wildman–Crippen MR) is 100 cm³/mol. The van der Waals surface area contributed by atoms with Gasteiger partial charge in [-0.15, -0.1) is 11.3 Å². The zero-order valence-electron chi connectivity index (χ0n) is 12.9. The summed E-state index contributed by atoms with van der Waals surface area (Å²) in [5, 5.41) is 7.11. The van der Waals surface area contributed by atoms with Crippen LogP contribution >= 0.6 is 23.6 Å². The van der Waals surface area contributed by atoms with Crippen LogP contribution in [0, 0.1) is 0 Å². The monoisotopic (exact) mass is 356 g/mol. The molecule has 1 saturated carbocycles. The molecule has 2 N–H and O–H groups in total. The molecule has 24 heavy (non-hydrogen) atoms. The van der Waals surface area contributed by atoms with Crippen LogP contribution in [0.2, 0.25) is 0 Å². The van der Waals surface area contributed by atoms with Gasteiger partial charge in [-0.05, 0) is 37.2 Å². The first-order valence-electron chi connectivity index (χ1n) is 7.88. The molecule has 1 fully saturated rings. The second kappa shape index (κ2) is 6.74. The highest BCUT2D eigenvalue weighted by atomic mass is 32.1. The van der Waals surface area contributed by atoms with Crippen LogP contribution < -0.4 is 10.6 Å². The number of aromatic nitrogens is 4. The summed E-state index contributed by atoms with van der Waals surface area (Å²) in [4.78, 5) is 18.6. The topological polar surface area (TPSA) is 75.6 Å². The molecule has 0 saturated heterocycles. The highest BCUT2D eigenvalue weighted by Crippen LogP contribution is 2.22. The van der Waals surface area contributed by atoms with Gasteiger partial charge < -0.3 is 10.6 Å². The minimum absolute atomic E-state index is 0.475. The summed E-state index contributed by atoms with van der Waals surface area (Å²) >= 11 is 6.91. The van der Waals surface area contributed by atoms with E-state index in [0.29, 0.717) is 22.6 Å². The normalized spacial score (nSPS) is 14.8. The highest BCUT2D eigenvalue weighted by Gasteiger charge is 2.15. The first-order valence-corrected chi connectivity index (χ1v) is 9.17. The summed E-state index contributed by atoms with van der Waals surface area (Å²) in [6.07, 6.45) is 8.42. The number of thiocarbonyl (C=S) groups is 1. The second-order valence-electron chi connectivity index (χ2n) is 5.74. The Kier molecular flexibility index (Phi) is 4.31. The van der Waals surface area contributed by atoms with Crippen molar-refractivity contribution in [2.45, 2.75) is 31.7 Å². The summed E-state index contributed by atoms with van der Waals surface area (Å²) in [7, 11) is 0. The van der Waals surface area contributed by atoms with Gasteiger partial charge in [0, 0.05) is 12.2 Å². The van der Waals surface area contributed by atoms with Gasteiger partial charge in [0.1, 0.15) is 17.0 Å². The molecule has 0 bridgehead atoms. The molecular formula is C16H16N6S2. The molecule has 0 unspecified atom stereocenters. The average molecular weight is 356 g/mol. The van der Waals surface area contributed by atoms with Gasteiger partial charge >= 0.3 is 0 Å². The minimum atomic E-state index is 0.475. The van der Waals surface area contributed by atoms with E-state index in [0.717, 1.165) is 16.1 Å². The van der Waals surface area contributed by atoms with E-state index in [4.69, 9.17) is 12.2 Å². The third kappa shape index (κ3) is 3.34. The third-order valence-corrected chi connectivity index (χ3v) is 5.04. The summed E-state index contributed by atoms with van der Waals surface area (Å²) in [5.74, 6) is 0.675. The van der Waals surface area contributed by atoms with Crippen LogP contribution in [-0.2, 0) is 0 Å². The lowest BCUT2D eigenvalue weighted by Gasteiger charge is -2.15. The fourth-order valence-corrected chi connectivity index (χ4v) is 3.68. The Morgan fingerprint density at radius 1 is 1.17 bits per heavy atom. The van der Waals surface area contributed by atoms with Gasteiger partial charge in [-0.1, -0.05) is 12.8 Å². The zero-order valence-corrected chi connectivity index (χ0v) is 14.5. The summed E-state index contributed by atoms with van der Waals surface area (Å²) in [6.45, 7) is 0. The van der Waals surface area contributed by atoms with Crippen molar-refractivity contribution in [3.05, 3.63) is 30.0 Å². The Bertz CT molecular complexity index is 858. The van der Waals surface area contributed by atoms with Gasteiger partial charge in [-0.2, -0.15) is 0 Å². The molecule has 4 rings (SSSR count). The molecule has 6 nitrogen and oxygen atoms in total. The number of nitrogens with one attached hydrogen (secondary N) is 2. The zero-order chi connectivity index (χ0) is 16.4. The number of pyridine rings is 1. The van der Waals surface area contributed by atoms with E-state index in [-0.39, 0.29) is 0 Å². The Hall–Kier alpha value is -2.19. The molecule has 1 aliphatic carbocycles. The van der Waals surface area contributed by atoms with Crippen LogP contribution in [0.1, 0.15) is 25.7 Å². The SMILES string of the molecule is S=C(Nc1ccc2ncc(-c3cncs3)nc2n1)NC1CCCC1. The average Bonchev–Trinajstić information content (AvgIpc) is 3.27. The van der Waals surface area contributed by atoms with Crippen LogP contribution in [-0.4, -0.2) is 31.1 Å². The molecule has 0 atom stereocenters. The molecule has 1 aliphatic rings. The van der Waals surface area contributed by atoms with E-state index in [1.165, 1.54) is 37.0 Å². The Balaban J connectivity index is 1.54. The highest BCUT2D eigenvalue weighted by molar-refractivity contribution is 7.80. The van der Waals surface area contributed by atoms with Crippen molar-refractivity contribution in [3.63, 3.8) is 0 Å². The maximum Gasteiger partial charge on any atom is 0.180 e. The third-order valence-electron chi connectivity index (χ3n) is 4.02. The maximum atomic E-state index is 5.38. The number of rotatable bonds is 3. The molecule has 0 aromatic carbocycles. The first-order chi connectivity index (χ1) is 11.8. The van der Waals surface area contributed by atoms with Crippen molar-refractivity contribution >= 4 is 45.6 Å². The molecular weight excluding hydrogens is 340 g/mol. The van der Waals surface area contributed by atoms with Crippen LogP contribution in [0.15, 0.2) is 30.0 Å². The van der Waals surface area contributed by atoms with Crippen molar-refractivity contribution in [3.8, 4) is 10.6 Å². The molecule has 0 amide bonds. The molecule has 0 radical (unpaired) electrons. The standard InChI is InChI=1S/C16H16N6S2/c23-16(19-10-3-1-2-4-10)22-14-6-5-11-15(21-14)20-12(7-18-11)13-8-17-9-24-13/h5-10H,1-4H2,(H2,19,20,21,22,23). The molecule has 122 valence electrons. The number of anilines is 1.